The van der Waals surface area contributed by atoms with E-state index in [1.54, 1.807) is 12.1 Å². The molecule has 4 rings (SSSR count). The fourth-order valence-electron chi connectivity index (χ4n) is 3.70. The SMILES string of the molecule is BC(=O)C1Nc2ccc(F)cc2C1C1NC(=O)c2ccc(O)cc21. The molecule has 3 unspecified atom stereocenters. The quantitative estimate of drug-likeness (QED) is 0.722. The van der Waals surface area contributed by atoms with Crippen molar-refractivity contribution in [1.29, 1.82) is 0 Å². The molecule has 5 nitrogen and oxygen atoms in total. The van der Waals surface area contributed by atoms with E-state index in [0.717, 1.165) is 0 Å². The minimum Gasteiger partial charge on any atom is -0.508 e. The molecule has 0 aliphatic carbocycles. The van der Waals surface area contributed by atoms with Gasteiger partial charge in [0.2, 0.25) is 0 Å². The van der Waals surface area contributed by atoms with Crippen LogP contribution in [0.3, 0.4) is 0 Å². The first-order valence-electron chi connectivity index (χ1n) is 7.66. The largest absolute Gasteiger partial charge is 0.508 e. The van der Waals surface area contributed by atoms with Gasteiger partial charge in [-0.05, 0) is 47.5 Å². The van der Waals surface area contributed by atoms with Gasteiger partial charge in [0.15, 0.2) is 7.85 Å². The summed E-state index contributed by atoms with van der Waals surface area (Å²) in [5, 5.41) is 15.8. The monoisotopic (exact) mass is 324 g/mol. The molecular formula is C17H14BFN2O3. The first-order valence-corrected chi connectivity index (χ1v) is 7.66. The summed E-state index contributed by atoms with van der Waals surface area (Å²) in [5.74, 6) is -1.06. The summed E-state index contributed by atoms with van der Waals surface area (Å²) in [5.41, 5.74) is 2.32. The summed E-state index contributed by atoms with van der Waals surface area (Å²) in [4.78, 5) is 24.3. The highest BCUT2D eigenvalue weighted by molar-refractivity contribution is 6.59. The smallest absolute Gasteiger partial charge is 0.252 e. The first-order chi connectivity index (χ1) is 11.5. The standard InChI is InChI=1S/C17H14BFN2O3/c18-16(23)15-13(11-5-7(19)1-4-12(11)20-15)14-10-6-8(22)2-3-9(10)17(24)21-14/h1-6,13-15,20,22H,18H2,(H,21,24). The zero-order valence-electron chi connectivity index (χ0n) is 12.8. The van der Waals surface area contributed by atoms with Crippen molar-refractivity contribution in [2.45, 2.75) is 18.0 Å². The van der Waals surface area contributed by atoms with Crippen molar-refractivity contribution < 1.29 is 19.1 Å². The minimum absolute atomic E-state index is 0.0417. The molecule has 24 heavy (non-hydrogen) atoms. The van der Waals surface area contributed by atoms with E-state index in [4.69, 9.17) is 0 Å². The molecule has 2 aliphatic heterocycles. The van der Waals surface area contributed by atoms with E-state index in [1.165, 1.54) is 32.1 Å². The summed E-state index contributed by atoms with van der Waals surface area (Å²) < 4.78 is 13.7. The first kappa shape index (κ1) is 14.7. The van der Waals surface area contributed by atoms with Gasteiger partial charge >= 0.3 is 0 Å². The molecule has 0 bridgehead atoms. The predicted octanol–water partition coefficient (Wildman–Crippen LogP) is 1.05. The number of fused-ring (bicyclic) bond motifs is 2. The second-order valence-electron chi connectivity index (χ2n) is 6.21. The van der Waals surface area contributed by atoms with Gasteiger partial charge in [-0.1, -0.05) is 0 Å². The lowest BCUT2D eigenvalue weighted by molar-refractivity contribution is -0.112. The fraction of sp³-hybridized carbons (Fsp3) is 0.176. The number of anilines is 1. The third kappa shape index (κ3) is 2.08. The van der Waals surface area contributed by atoms with Crippen molar-refractivity contribution in [3.05, 3.63) is 58.9 Å². The van der Waals surface area contributed by atoms with E-state index < -0.39 is 23.8 Å². The second-order valence-corrected chi connectivity index (χ2v) is 6.21. The molecule has 3 atom stereocenters. The molecule has 120 valence electrons. The average Bonchev–Trinajstić information content (AvgIpc) is 3.05. The van der Waals surface area contributed by atoms with Crippen LogP contribution in [0.15, 0.2) is 36.4 Å². The van der Waals surface area contributed by atoms with Crippen molar-refractivity contribution >= 4 is 25.1 Å². The molecular weight excluding hydrogens is 310 g/mol. The van der Waals surface area contributed by atoms with E-state index in [-0.39, 0.29) is 17.3 Å². The van der Waals surface area contributed by atoms with Gasteiger partial charge in [-0.3, -0.25) is 4.79 Å². The Morgan fingerprint density at radius 2 is 1.92 bits per heavy atom. The Hall–Kier alpha value is -2.83. The Labute approximate surface area is 138 Å². The lowest BCUT2D eigenvalue weighted by atomic mass is 9.79. The number of amides is 1. The molecule has 3 N–H and O–H groups in total. The summed E-state index contributed by atoms with van der Waals surface area (Å²) in [7, 11) is 1.47. The van der Waals surface area contributed by atoms with E-state index in [2.05, 4.69) is 10.6 Å². The highest BCUT2D eigenvalue weighted by Gasteiger charge is 2.45. The Morgan fingerprint density at radius 3 is 2.67 bits per heavy atom. The molecule has 1 amide bonds. The van der Waals surface area contributed by atoms with Crippen molar-refractivity contribution in [3.8, 4) is 5.75 Å². The summed E-state index contributed by atoms with van der Waals surface area (Å²) in [6.45, 7) is 0. The van der Waals surface area contributed by atoms with Gasteiger partial charge in [-0.25, -0.2) is 4.39 Å². The van der Waals surface area contributed by atoms with E-state index in [0.29, 0.717) is 22.4 Å². The van der Waals surface area contributed by atoms with Gasteiger partial charge in [0.25, 0.3) is 5.91 Å². The van der Waals surface area contributed by atoms with Crippen molar-refractivity contribution in [1.82, 2.24) is 5.32 Å². The van der Waals surface area contributed by atoms with Crippen molar-refractivity contribution in [2.24, 2.45) is 0 Å². The van der Waals surface area contributed by atoms with Crippen LogP contribution in [0.25, 0.3) is 0 Å². The molecule has 0 radical (unpaired) electrons. The highest BCUT2D eigenvalue weighted by atomic mass is 19.1. The lowest BCUT2D eigenvalue weighted by Crippen LogP contribution is -2.37. The third-order valence-corrected chi connectivity index (χ3v) is 4.74. The Kier molecular flexibility index (Phi) is 3.13. The number of nitrogens with one attached hydrogen (secondary N) is 2. The topological polar surface area (TPSA) is 78.4 Å². The van der Waals surface area contributed by atoms with E-state index in [9.17, 15) is 19.1 Å². The van der Waals surface area contributed by atoms with Gasteiger partial charge in [0.1, 0.15) is 17.2 Å². The molecule has 7 heteroatoms. The maximum atomic E-state index is 13.7. The lowest BCUT2D eigenvalue weighted by Gasteiger charge is -2.25. The van der Waals surface area contributed by atoms with Crippen LogP contribution in [0, 0.1) is 5.82 Å². The molecule has 0 fully saturated rings. The summed E-state index contributed by atoms with van der Waals surface area (Å²) in [6, 6.07) is 7.76. The number of rotatable bonds is 2. The van der Waals surface area contributed by atoms with Crippen LogP contribution in [-0.4, -0.2) is 30.6 Å². The van der Waals surface area contributed by atoms with Crippen LogP contribution >= 0.6 is 0 Å². The minimum atomic E-state index is -0.569. The number of hydrogen-bond donors (Lipinski definition) is 3. The number of phenolic OH excluding ortho intramolecular Hbond substituents is 1. The fourth-order valence-corrected chi connectivity index (χ4v) is 3.70. The summed E-state index contributed by atoms with van der Waals surface area (Å²) in [6.07, 6.45) is 0. The van der Waals surface area contributed by atoms with Crippen molar-refractivity contribution in [2.75, 3.05) is 5.32 Å². The molecule has 2 aliphatic rings. The number of carbonyl (C=O) groups is 2. The number of carbonyl (C=O) groups excluding carboxylic acids is 2. The van der Waals surface area contributed by atoms with Gasteiger partial charge in [-0.15, -0.1) is 0 Å². The molecule has 2 aromatic rings. The highest BCUT2D eigenvalue weighted by Crippen LogP contribution is 2.47. The maximum absolute atomic E-state index is 13.7. The third-order valence-electron chi connectivity index (χ3n) is 4.74. The van der Waals surface area contributed by atoms with E-state index >= 15 is 0 Å². The predicted molar refractivity (Wildman–Crippen MR) is 88.4 cm³/mol. The molecule has 0 saturated carbocycles. The molecule has 0 spiro atoms. The van der Waals surface area contributed by atoms with Crippen molar-refractivity contribution in [3.63, 3.8) is 0 Å². The van der Waals surface area contributed by atoms with Gasteiger partial charge < -0.3 is 20.5 Å². The number of hydrogen-bond acceptors (Lipinski definition) is 4. The Bertz CT molecular complexity index is 886. The molecule has 0 aromatic heterocycles. The number of halogens is 1. The number of phenols is 1. The zero-order valence-corrected chi connectivity index (χ0v) is 12.8. The van der Waals surface area contributed by atoms with Crippen LogP contribution < -0.4 is 10.6 Å². The van der Waals surface area contributed by atoms with Crippen LogP contribution in [0.2, 0.25) is 0 Å². The van der Waals surface area contributed by atoms with Crippen LogP contribution in [0.5, 0.6) is 5.75 Å². The molecule has 2 aromatic carbocycles. The van der Waals surface area contributed by atoms with Crippen LogP contribution in [0.4, 0.5) is 10.1 Å². The normalized spacial score (nSPS) is 24.0. The van der Waals surface area contributed by atoms with Crippen LogP contribution in [0.1, 0.15) is 33.4 Å². The van der Waals surface area contributed by atoms with Gasteiger partial charge in [0, 0.05) is 17.2 Å². The Morgan fingerprint density at radius 1 is 1.12 bits per heavy atom. The molecule has 0 saturated heterocycles. The van der Waals surface area contributed by atoms with Gasteiger partial charge in [0.05, 0.1) is 12.1 Å². The molecule has 2 heterocycles. The van der Waals surface area contributed by atoms with E-state index in [1.807, 2.05) is 0 Å². The Balaban J connectivity index is 1.86. The van der Waals surface area contributed by atoms with Crippen LogP contribution in [-0.2, 0) is 4.79 Å². The number of benzene rings is 2. The second kappa shape index (κ2) is 5.09. The average molecular weight is 324 g/mol. The summed E-state index contributed by atoms with van der Waals surface area (Å²) >= 11 is 0. The van der Waals surface area contributed by atoms with Gasteiger partial charge in [-0.2, -0.15) is 0 Å². The number of aromatic hydroxyl groups is 1. The zero-order chi connectivity index (χ0) is 17.0. The maximum Gasteiger partial charge on any atom is 0.252 e.